The molecule has 1 amide bonds. The fourth-order valence-corrected chi connectivity index (χ4v) is 5.93. The lowest BCUT2D eigenvalue weighted by atomic mass is 10.1. The summed E-state index contributed by atoms with van der Waals surface area (Å²) in [5, 5.41) is 7.07. The quantitative estimate of drug-likeness (QED) is 0.571. The van der Waals surface area contributed by atoms with Gasteiger partial charge in [0.1, 0.15) is 31.9 Å². The van der Waals surface area contributed by atoms with Crippen molar-refractivity contribution in [3.8, 4) is 17.2 Å². The topological polar surface area (TPSA) is 116 Å². The first-order valence-electron chi connectivity index (χ1n) is 11.1. The number of fused-ring (bicyclic) bond motifs is 1. The highest BCUT2D eigenvalue weighted by molar-refractivity contribution is 7.89. The molecule has 0 aliphatic carbocycles. The average molecular weight is 484 g/mol. The van der Waals surface area contributed by atoms with Crippen LogP contribution in [0, 0.1) is 0 Å². The fraction of sp³-hybridized carbons (Fsp3) is 0.348. The van der Waals surface area contributed by atoms with Crippen LogP contribution in [0.25, 0.3) is 5.69 Å². The molecule has 1 fully saturated rings. The van der Waals surface area contributed by atoms with Crippen LogP contribution in [0.1, 0.15) is 31.4 Å². The molecule has 2 aliphatic heterocycles. The van der Waals surface area contributed by atoms with Crippen LogP contribution in [0.3, 0.4) is 0 Å². The Morgan fingerprint density at radius 3 is 2.62 bits per heavy atom. The summed E-state index contributed by atoms with van der Waals surface area (Å²) in [5.41, 5.74) is 1.75. The van der Waals surface area contributed by atoms with E-state index in [1.54, 1.807) is 17.1 Å². The number of carbonyl (C=O) groups is 1. The summed E-state index contributed by atoms with van der Waals surface area (Å²) in [7, 11) is -3.88. The van der Waals surface area contributed by atoms with Crippen molar-refractivity contribution in [2.45, 2.75) is 36.7 Å². The Morgan fingerprint density at radius 2 is 1.88 bits per heavy atom. The molecular weight excluding hydrogens is 458 g/mol. The number of hydrogen-bond donors (Lipinski definition) is 1. The van der Waals surface area contributed by atoms with Crippen molar-refractivity contribution in [3.63, 3.8) is 0 Å². The van der Waals surface area contributed by atoms with Gasteiger partial charge in [-0.1, -0.05) is 12.1 Å². The second kappa shape index (κ2) is 9.07. The Bertz CT molecular complexity index is 1280. The van der Waals surface area contributed by atoms with Crippen LogP contribution < -0.4 is 14.8 Å². The highest BCUT2D eigenvalue weighted by Gasteiger charge is 2.40. The summed E-state index contributed by atoms with van der Waals surface area (Å²) >= 11 is 0. The maximum Gasteiger partial charge on any atom is 0.243 e. The van der Waals surface area contributed by atoms with E-state index in [0.717, 1.165) is 11.3 Å². The second-order valence-electron chi connectivity index (χ2n) is 8.24. The van der Waals surface area contributed by atoms with Crippen molar-refractivity contribution in [2.75, 3.05) is 19.8 Å². The van der Waals surface area contributed by atoms with Crippen LogP contribution in [0.5, 0.6) is 11.5 Å². The number of benzene rings is 2. The predicted molar refractivity (Wildman–Crippen MR) is 122 cm³/mol. The molecule has 1 N–H and O–H groups in total. The molecule has 11 heteroatoms. The van der Waals surface area contributed by atoms with E-state index in [4.69, 9.17) is 9.47 Å². The SMILES string of the molecule is CC(NC(=O)C1CCCN1S(=O)(=O)c1ccc2c(c1)OCCO2)c1ccc(-n2cncn2)cc1. The minimum absolute atomic E-state index is 0.0909. The lowest BCUT2D eigenvalue weighted by Gasteiger charge is -2.26. The van der Waals surface area contributed by atoms with Crippen molar-refractivity contribution >= 4 is 15.9 Å². The zero-order valence-corrected chi connectivity index (χ0v) is 19.4. The maximum absolute atomic E-state index is 13.4. The molecule has 1 aromatic heterocycles. The molecule has 2 aliphatic rings. The third kappa shape index (κ3) is 4.24. The van der Waals surface area contributed by atoms with E-state index in [-0.39, 0.29) is 23.4 Å². The van der Waals surface area contributed by atoms with Gasteiger partial charge in [0.2, 0.25) is 15.9 Å². The maximum atomic E-state index is 13.4. The molecule has 2 aromatic carbocycles. The number of ether oxygens (including phenoxy) is 2. The Kier molecular flexibility index (Phi) is 5.96. The van der Waals surface area contributed by atoms with Crippen molar-refractivity contribution in [1.82, 2.24) is 24.4 Å². The lowest BCUT2D eigenvalue weighted by Crippen LogP contribution is -2.46. The summed E-state index contributed by atoms with van der Waals surface area (Å²) < 4.78 is 40.7. The van der Waals surface area contributed by atoms with Gasteiger partial charge in [-0.05, 0) is 49.6 Å². The molecule has 0 saturated carbocycles. The van der Waals surface area contributed by atoms with Crippen LogP contribution in [-0.2, 0) is 14.8 Å². The van der Waals surface area contributed by atoms with Crippen molar-refractivity contribution in [2.24, 2.45) is 0 Å². The van der Waals surface area contributed by atoms with E-state index in [2.05, 4.69) is 15.4 Å². The Morgan fingerprint density at radius 1 is 1.12 bits per heavy atom. The molecule has 0 radical (unpaired) electrons. The minimum atomic E-state index is -3.88. The van der Waals surface area contributed by atoms with E-state index in [1.165, 1.54) is 22.8 Å². The molecule has 2 unspecified atom stereocenters. The second-order valence-corrected chi connectivity index (χ2v) is 10.1. The van der Waals surface area contributed by atoms with Gasteiger partial charge in [-0.2, -0.15) is 9.40 Å². The third-order valence-corrected chi connectivity index (χ3v) is 7.97. The number of rotatable bonds is 6. The van der Waals surface area contributed by atoms with Crippen LogP contribution in [0.4, 0.5) is 0 Å². The molecule has 178 valence electrons. The van der Waals surface area contributed by atoms with Gasteiger partial charge in [-0.25, -0.2) is 18.1 Å². The zero-order chi connectivity index (χ0) is 23.7. The van der Waals surface area contributed by atoms with Gasteiger partial charge in [0.25, 0.3) is 0 Å². The van der Waals surface area contributed by atoms with Gasteiger partial charge in [-0.3, -0.25) is 4.79 Å². The summed E-state index contributed by atoms with van der Waals surface area (Å²) in [4.78, 5) is 17.1. The highest BCUT2D eigenvalue weighted by Crippen LogP contribution is 2.35. The first-order chi connectivity index (χ1) is 16.4. The summed E-state index contributed by atoms with van der Waals surface area (Å²) in [5.74, 6) is 0.603. The van der Waals surface area contributed by atoms with Gasteiger partial charge < -0.3 is 14.8 Å². The Hall–Kier alpha value is -3.44. The molecule has 10 nitrogen and oxygen atoms in total. The van der Waals surface area contributed by atoms with Gasteiger partial charge in [0.15, 0.2) is 11.5 Å². The predicted octanol–water partition coefficient (Wildman–Crippen LogP) is 2.07. The molecule has 3 aromatic rings. The number of amides is 1. The first kappa shape index (κ1) is 22.4. The number of hydrogen-bond acceptors (Lipinski definition) is 7. The lowest BCUT2D eigenvalue weighted by molar-refractivity contribution is -0.124. The van der Waals surface area contributed by atoms with E-state index in [1.807, 2.05) is 31.2 Å². The number of nitrogens with one attached hydrogen (secondary N) is 1. The van der Waals surface area contributed by atoms with Gasteiger partial charge in [-0.15, -0.1) is 0 Å². The molecule has 34 heavy (non-hydrogen) atoms. The fourth-order valence-electron chi connectivity index (χ4n) is 4.26. The standard InChI is InChI=1S/C23H25N5O5S/c1-16(17-4-6-18(7-5-17)27-15-24-14-25-27)26-23(29)20-3-2-10-28(20)34(30,31)19-8-9-21-22(13-19)33-12-11-32-21/h4-9,13-16,20H,2-3,10-12H2,1H3,(H,26,29). The largest absolute Gasteiger partial charge is 0.486 e. The van der Waals surface area contributed by atoms with E-state index in [0.29, 0.717) is 37.6 Å². The zero-order valence-electron chi connectivity index (χ0n) is 18.6. The third-order valence-electron chi connectivity index (χ3n) is 6.06. The molecule has 5 rings (SSSR count). The van der Waals surface area contributed by atoms with Crippen LogP contribution in [-0.4, -0.2) is 59.2 Å². The summed E-state index contributed by atoms with van der Waals surface area (Å²) in [6, 6.07) is 11.1. The van der Waals surface area contributed by atoms with Gasteiger partial charge in [0, 0.05) is 12.6 Å². The summed E-state index contributed by atoms with van der Waals surface area (Å²) in [6.45, 7) is 2.95. The van der Waals surface area contributed by atoms with E-state index in [9.17, 15) is 13.2 Å². The number of sulfonamides is 1. The molecule has 0 spiro atoms. The molecular formula is C23H25N5O5S. The average Bonchev–Trinajstić information content (AvgIpc) is 3.57. The minimum Gasteiger partial charge on any atom is -0.486 e. The number of aromatic nitrogens is 3. The number of nitrogens with zero attached hydrogens (tertiary/aromatic N) is 4. The van der Waals surface area contributed by atoms with Crippen LogP contribution in [0.15, 0.2) is 60.0 Å². The normalized spacial score (nSPS) is 19.0. The van der Waals surface area contributed by atoms with Gasteiger partial charge in [0.05, 0.1) is 16.6 Å². The first-order valence-corrected chi connectivity index (χ1v) is 12.5. The van der Waals surface area contributed by atoms with E-state index >= 15 is 0 Å². The molecule has 0 bridgehead atoms. The van der Waals surface area contributed by atoms with Crippen molar-refractivity contribution in [1.29, 1.82) is 0 Å². The molecule has 3 heterocycles. The van der Waals surface area contributed by atoms with Crippen molar-refractivity contribution < 1.29 is 22.7 Å². The highest BCUT2D eigenvalue weighted by atomic mass is 32.2. The van der Waals surface area contributed by atoms with Gasteiger partial charge >= 0.3 is 0 Å². The van der Waals surface area contributed by atoms with E-state index < -0.39 is 16.1 Å². The van der Waals surface area contributed by atoms with Crippen LogP contribution >= 0.6 is 0 Å². The summed E-state index contributed by atoms with van der Waals surface area (Å²) in [6.07, 6.45) is 4.15. The smallest absolute Gasteiger partial charge is 0.243 e. The monoisotopic (exact) mass is 483 g/mol. The Balaban J connectivity index is 1.30. The Labute approximate surface area is 197 Å². The van der Waals surface area contributed by atoms with Crippen molar-refractivity contribution in [3.05, 3.63) is 60.7 Å². The van der Waals surface area contributed by atoms with Crippen LogP contribution in [0.2, 0.25) is 0 Å². The number of carbonyl (C=O) groups excluding carboxylic acids is 1. The molecule has 2 atom stereocenters. The molecule has 1 saturated heterocycles.